The van der Waals surface area contributed by atoms with Gasteiger partial charge in [-0.15, -0.1) is 0 Å². The number of benzene rings is 2. The van der Waals surface area contributed by atoms with Crippen LogP contribution in [0.4, 0.5) is 0 Å². The Morgan fingerprint density at radius 3 is 2.70 bits per heavy atom. The highest BCUT2D eigenvalue weighted by Gasteiger charge is 2.06. The molecule has 3 aromatic rings. The Kier molecular flexibility index (Phi) is 6.06. The van der Waals surface area contributed by atoms with E-state index in [1.807, 2.05) is 24.3 Å². The maximum atomic E-state index is 11.7. The SMILES string of the molecule is O=C(COc1ccc(Cl)cc1)NCC(=O)NN=Cc1c[nH]c2ccccc12. The van der Waals surface area contributed by atoms with E-state index in [4.69, 9.17) is 16.3 Å². The zero-order valence-electron chi connectivity index (χ0n) is 14.2. The van der Waals surface area contributed by atoms with Crippen molar-refractivity contribution in [2.45, 2.75) is 0 Å². The number of hydrogen-bond donors (Lipinski definition) is 3. The number of halogens is 1. The van der Waals surface area contributed by atoms with Crippen molar-refractivity contribution in [3.8, 4) is 5.75 Å². The second-order valence-electron chi connectivity index (χ2n) is 5.60. The predicted octanol–water partition coefficient (Wildman–Crippen LogP) is 2.47. The number of fused-ring (bicyclic) bond motifs is 1. The lowest BCUT2D eigenvalue weighted by Gasteiger charge is -2.06. The molecule has 2 amide bonds. The van der Waals surface area contributed by atoms with E-state index in [0.29, 0.717) is 10.8 Å². The highest BCUT2D eigenvalue weighted by molar-refractivity contribution is 6.30. The summed E-state index contributed by atoms with van der Waals surface area (Å²) < 4.78 is 5.29. The third kappa shape index (κ3) is 5.32. The van der Waals surface area contributed by atoms with Gasteiger partial charge in [0.1, 0.15) is 5.75 Å². The van der Waals surface area contributed by atoms with Gasteiger partial charge in [-0.05, 0) is 30.3 Å². The van der Waals surface area contributed by atoms with Crippen LogP contribution in [0.2, 0.25) is 5.02 Å². The fourth-order valence-electron chi connectivity index (χ4n) is 2.32. The van der Waals surface area contributed by atoms with Gasteiger partial charge < -0.3 is 15.0 Å². The van der Waals surface area contributed by atoms with Gasteiger partial charge in [0.25, 0.3) is 11.8 Å². The molecule has 0 saturated heterocycles. The van der Waals surface area contributed by atoms with Crippen LogP contribution in [-0.4, -0.2) is 36.2 Å². The molecule has 0 bridgehead atoms. The molecule has 0 atom stereocenters. The summed E-state index contributed by atoms with van der Waals surface area (Å²) in [4.78, 5) is 26.6. The maximum Gasteiger partial charge on any atom is 0.259 e. The molecule has 0 aliphatic heterocycles. The first kappa shape index (κ1) is 18.5. The van der Waals surface area contributed by atoms with Crippen LogP contribution in [0.1, 0.15) is 5.56 Å². The van der Waals surface area contributed by atoms with Crippen molar-refractivity contribution in [3.05, 3.63) is 65.3 Å². The van der Waals surface area contributed by atoms with Crippen LogP contribution in [0.15, 0.2) is 59.8 Å². The topological polar surface area (TPSA) is 95.6 Å². The number of ether oxygens (including phenoxy) is 1. The fourth-order valence-corrected chi connectivity index (χ4v) is 2.45. The van der Waals surface area contributed by atoms with E-state index in [1.54, 1.807) is 36.7 Å². The summed E-state index contributed by atoms with van der Waals surface area (Å²) in [6.45, 7) is -0.401. The lowest BCUT2D eigenvalue weighted by atomic mass is 10.2. The van der Waals surface area contributed by atoms with Gasteiger partial charge in [0, 0.05) is 27.7 Å². The van der Waals surface area contributed by atoms with Crippen LogP contribution < -0.4 is 15.5 Å². The van der Waals surface area contributed by atoms with Crippen LogP contribution in [0, 0.1) is 0 Å². The molecule has 0 fully saturated rings. The van der Waals surface area contributed by atoms with Crippen molar-refractivity contribution in [1.29, 1.82) is 0 Å². The molecule has 0 aliphatic rings. The van der Waals surface area contributed by atoms with Gasteiger partial charge in [0.05, 0.1) is 12.8 Å². The molecule has 0 radical (unpaired) electrons. The molecule has 1 heterocycles. The van der Waals surface area contributed by atoms with Crippen LogP contribution in [0.5, 0.6) is 5.75 Å². The normalized spacial score (nSPS) is 10.9. The van der Waals surface area contributed by atoms with Crippen molar-refractivity contribution in [2.24, 2.45) is 5.10 Å². The van der Waals surface area contributed by atoms with Crippen molar-refractivity contribution >= 4 is 40.5 Å². The predicted molar refractivity (Wildman–Crippen MR) is 104 cm³/mol. The van der Waals surface area contributed by atoms with Gasteiger partial charge in [-0.3, -0.25) is 9.59 Å². The molecule has 2 aromatic carbocycles. The van der Waals surface area contributed by atoms with E-state index >= 15 is 0 Å². The van der Waals surface area contributed by atoms with Crippen LogP contribution in [0.3, 0.4) is 0 Å². The molecular formula is C19H17ClN4O3. The number of nitrogens with zero attached hydrogens (tertiary/aromatic N) is 1. The number of H-pyrrole nitrogens is 1. The number of para-hydroxylation sites is 1. The first-order valence-corrected chi connectivity index (χ1v) is 8.53. The minimum Gasteiger partial charge on any atom is -0.484 e. The van der Waals surface area contributed by atoms with Crippen LogP contribution in [-0.2, 0) is 9.59 Å². The number of amides is 2. The maximum absolute atomic E-state index is 11.7. The van der Waals surface area contributed by atoms with E-state index < -0.39 is 11.8 Å². The smallest absolute Gasteiger partial charge is 0.259 e. The van der Waals surface area contributed by atoms with Gasteiger partial charge in [-0.2, -0.15) is 5.10 Å². The molecule has 0 saturated carbocycles. The number of hydrazone groups is 1. The zero-order valence-corrected chi connectivity index (χ0v) is 15.0. The molecule has 0 aliphatic carbocycles. The fraction of sp³-hybridized carbons (Fsp3) is 0.105. The first-order chi connectivity index (χ1) is 13.1. The molecule has 7 nitrogen and oxygen atoms in total. The van der Waals surface area contributed by atoms with Gasteiger partial charge in [0.2, 0.25) is 0 Å². The Morgan fingerprint density at radius 2 is 1.89 bits per heavy atom. The van der Waals surface area contributed by atoms with E-state index in [9.17, 15) is 9.59 Å². The zero-order chi connectivity index (χ0) is 19.1. The monoisotopic (exact) mass is 384 g/mol. The summed E-state index contributed by atoms with van der Waals surface area (Å²) in [6.07, 6.45) is 3.35. The van der Waals surface area contributed by atoms with Crippen LogP contribution >= 0.6 is 11.6 Å². The van der Waals surface area contributed by atoms with Gasteiger partial charge >= 0.3 is 0 Å². The second kappa shape index (κ2) is 8.86. The second-order valence-corrected chi connectivity index (χ2v) is 6.04. The van der Waals surface area contributed by atoms with Gasteiger partial charge in [-0.25, -0.2) is 5.43 Å². The Bertz CT molecular complexity index is 967. The average Bonchev–Trinajstić information content (AvgIpc) is 3.09. The van der Waals surface area contributed by atoms with Crippen molar-refractivity contribution in [2.75, 3.05) is 13.2 Å². The Morgan fingerprint density at radius 1 is 1.11 bits per heavy atom. The van der Waals surface area contributed by atoms with Gasteiger partial charge in [-0.1, -0.05) is 29.8 Å². The standard InChI is InChI=1S/C19H17ClN4O3/c20-14-5-7-15(8-6-14)27-12-19(26)22-11-18(25)24-23-10-13-9-21-17-4-2-1-3-16(13)17/h1-10,21H,11-12H2,(H,22,26)(H,24,25). The molecule has 27 heavy (non-hydrogen) atoms. The first-order valence-electron chi connectivity index (χ1n) is 8.15. The third-order valence-electron chi connectivity index (χ3n) is 3.64. The summed E-state index contributed by atoms with van der Waals surface area (Å²) in [5, 5.41) is 7.94. The van der Waals surface area contributed by atoms with Crippen LogP contribution in [0.25, 0.3) is 10.9 Å². The highest BCUT2D eigenvalue weighted by atomic mass is 35.5. The Balaban J connectivity index is 1.40. The lowest BCUT2D eigenvalue weighted by molar-refractivity contribution is -0.127. The number of aromatic amines is 1. The number of aromatic nitrogens is 1. The summed E-state index contributed by atoms with van der Waals surface area (Å²) in [5.41, 5.74) is 4.20. The molecule has 0 unspecified atom stereocenters. The van der Waals surface area contributed by atoms with E-state index in [-0.39, 0.29) is 13.2 Å². The van der Waals surface area contributed by atoms with E-state index in [2.05, 4.69) is 20.8 Å². The molecule has 3 rings (SSSR count). The number of nitrogens with one attached hydrogen (secondary N) is 3. The Labute approximate surface area is 160 Å². The molecule has 1 aromatic heterocycles. The number of carbonyl (C=O) groups is 2. The van der Waals surface area contributed by atoms with E-state index in [0.717, 1.165) is 16.5 Å². The molecule has 138 valence electrons. The number of hydrogen-bond acceptors (Lipinski definition) is 4. The largest absolute Gasteiger partial charge is 0.484 e. The lowest BCUT2D eigenvalue weighted by Crippen LogP contribution is -2.37. The molecular weight excluding hydrogens is 368 g/mol. The van der Waals surface area contributed by atoms with E-state index in [1.165, 1.54) is 0 Å². The highest BCUT2D eigenvalue weighted by Crippen LogP contribution is 2.16. The van der Waals surface area contributed by atoms with Gasteiger partial charge in [0.15, 0.2) is 6.61 Å². The summed E-state index contributed by atoms with van der Waals surface area (Å²) >= 11 is 5.77. The minimum absolute atomic E-state index is 0.200. The molecule has 3 N–H and O–H groups in total. The molecule has 0 spiro atoms. The minimum atomic E-state index is -0.439. The number of carbonyl (C=O) groups excluding carboxylic acids is 2. The number of rotatable bonds is 7. The van der Waals surface area contributed by atoms with Crippen molar-refractivity contribution < 1.29 is 14.3 Å². The molecule has 8 heteroatoms. The van der Waals surface area contributed by atoms with Crippen molar-refractivity contribution in [3.63, 3.8) is 0 Å². The average molecular weight is 385 g/mol. The summed E-state index contributed by atoms with van der Waals surface area (Å²) in [6, 6.07) is 14.4. The summed E-state index contributed by atoms with van der Waals surface area (Å²) in [7, 11) is 0. The Hall–Kier alpha value is -3.32. The quantitative estimate of drug-likeness (QED) is 0.431. The third-order valence-corrected chi connectivity index (χ3v) is 3.90. The summed E-state index contributed by atoms with van der Waals surface area (Å²) in [5.74, 6) is -0.339. The van der Waals surface area contributed by atoms with Crippen molar-refractivity contribution in [1.82, 2.24) is 15.7 Å².